The van der Waals surface area contributed by atoms with E-state index < -0.39 is 0 Å². The highest BCUT2D eigenvalue weighted by atomic mass is 35.5. The average molecular weight is 248 g/mol. The molecule has 0 unspecified atom stereocenters. The van der Waals surface area contributed by atoms with Gasteiger partial charge in [0.2, 0.25) is 0 Å². The normalized spacial score (nSPS) is 10.2. The van der Waals surface area contributed by atoms with Crippen LogP contribution in [-0.4, -0.2) is 4.98 Å². The average Bonchev–Trinajstić information content (AvgIpc) is 2.30. The van der Waals surface area contributed by atoms with Crippen LogP contribution in [0.1, 0.15) is 11.1 Å². The van der Waals surface area contributed by atoms with Crippen molar-refractivity contribution in [2.75, 3.05) is 11.1 Å². The standard InChI is InChI=1S/C13H14ClN3/c1-9-6-11(15)8-17-13(9)16-7-10-4-2-3-5-12(10)14/h2-6,8H,7,15H2,1H3,(H,16,17). The van der Waals surface area contributed by atoms with Crippen molar-refractivity contribution < 1.29 is 0 Å². The molecular formula is C13H14ClN3. The molecule has 3 nitrogen and oxygen atoms in total. The molecule has 0 radical (unpaired) electrons. The largest absolute Gasteiger partial charge is 0.397 e. The van der Waals surface area contributed by atoms with Crippen LogP contribution in [0.5, 0.6) is 0 Å². The van der Waals surface area contributed by atoms with Gasteiger partial charge in [-0.15, -0.1) is 0 Å². The van der Waals surface area contributed by atoms with E-state index in [4.69, 9.17) is 17.3 Å². The Morgan fingerprint density at radius 2 is 2.12 bits per heavy atom. The van der Waals surface area contributed by atoms with Gasteiger partial charge in [0.1, 0.15) is 5.82 Å². The minimum absolute atomic E-state index is 0.650. The smallest absolute Gasteiger partial charge is 0.129 e. The number of halogens is 1. The summed E-state index contributed by atoms with van der Waals surface area (Å²) in [5.74, 6) is 0.833. The van der Waals surface area contributed by atoms with Gasteiger partial charge in [0.15, 0.2) is 0 Å². The summed E-state index contributed by atoms with van der Waals surface area (Å²) >= 11 is 6.08. The number of benzene rings is 1. The number of hydrogen-bond donors (Lipinski definition) is 2. The van der Waals surface area contributed by atoms with Gasteiger partial charge in [0, 0.05) is 11.6 Å². The number of rotatable bonds is 3. The minimum atomic E-state index is 0.650. The molecule has 88 valence electrons. The molecule has 0 spiro atoms. The Kier molecular flexibility index (Phi) is 3.49. The first-order chi connectivity index (χ1) is 8.16. The van der Waals surface area contributed by atoms with Crippen molar-refractivity contribution in [2.24, 2.45) is 0 Å². The van der Waals surface area contributed by atoms with Gasteiger partial charge in [0.25, 0.3) is 0 Å². The van der Waals surface area contributed by atoms with E-state index in [-0.39, 0.29) is 0 Å². The highest BCUT2D eigenvalue weighted by molar-refractivity contribution is 6.31. The molecule has 0 saturated carbocycles. The third-order valence-corrected chi connectivity index (χ3v) is 2.87. The Morgan fingerprint density at radius 3 is 2.82 bits per heavy atom. The summed E-state index contributed by atoms with van der Waals surface area (Å²) in [6, 6.07) is 9.64. The number of nitrogens with one attached hydrogen (secondary N) is 1. The first-order valence-corrected chi connectivity index (χ1v) is 5.74. The number of nitrogens with two attached hydrogens (primary N) is 1. The lowest BCUT2D eigenvalue weighted by molar-refractivity contribution is 1.10. The lowest BCUT2D eigenvalue weighted by Gasteiger charge is -2.09. The molecular weight excluding hydrogens is 234 g/mol. The SMILES string of the molecule is Cc1cc(N)cnc1NCc1ccccc1Cl. The van der Waals surface area contributed by atoms with Gasteiger partial charge >= 0.3 is 0 Å². The molecule has 0 amide bonds. The first kappa shape index (κ1) is 11.7. The summed E-state index contributed by atoms with van der Waals surface area (Å²) in [4.78, 5) is 4.24. The van der Waals surface area contributed by atoms with Gasteiger partial charge in [-0.25, -0.2) is 4.98 Å². The maximum absolute atomic E-state index is 6.08. The van der Waals surface area contributed by atoms with Crippen LogP contribution in [0.25, 0.3) is 0 Å². The van der Waals surface area contributed by atoms with Crippen molar-refractivity contribution in [3.05, 3.63) is 52.7 Å². The highest BCUT2D eigenvalue weighted by Gasteiger charge is 2.02. The minimum Gasteiger partial charge on any atom is -0.397 e. The second kappa shape index (κ2) is 5.06. The van der Waals surface area contributed by atoms with Gasteiger partial charge in [-0.2, -0.15) is 0 Å². The summed E-state index contributed by atoms with van der Waals surface area (Å²) in [6.45, 7) is 2.62. The Labute approximate surface area is 106 Å². The summed E-state index contributed by atoms with van der Waals surface area (Å²) in [5, 5.41) is 4.00. The molecule has 0 fully saturated rings. The molecule has 0 bridgehead atoms. The van der Waals surface area contributed by atoms with E-state index >= 15 is 0 Å². The van der Waals surface area contributed by atoms with Crippen LogP contribution >= 0.6 is 11.6 Å². The van der Waals surface area contributed by atoms with E-state index in [1.54, 1.807) is 6.20 Å². The fourth-order valence-electron chi connectivity index (χ4n) is 1.60. The van der Waals surface area contributed by atoms with Crippen molar-refractivity contribution in [3.8, 4) is 0 Å². The zero-order valence-corrected chi connectivity index (χ0v) is 10.3. The van der Waals surface area contributed by atoms with Crippen LogP contribution in [0.4, 0.5) is 11.5 Å². The van der Waals surface area contributed by atoms with E-state index in [9.17, 15) is 0 Å². The molecule has 1 heterocycles. The van der Waals surface area contributed by atoms with E-state index in [2.05, 4.69) is 10.3 Å². The van der Waals surface area contributed by atoms with Gasteiger partial charge in [-0.05, 0) is 30.2 Å². The molecule has 0 saturated heterocycles. The monoisotopic (exact) mass is 247 g/mol. The van der Waals surface area contributed by atoms with E-state index in [0.29, 0.717) is 12.2 Å². The van der Waals surface area contributed by atoms with E-state index in [1.165, 1.54) is 0 Å². The molecule has 0 atom stereocenters. The predicted octanol–water partition coefficient (Wildman–Crippen LogP) is 3.24. The Hall–Kier alpha value is -1.74. The molecule has 3 N–H and O–H groups in total. The molecule has 17 heavy (non-hydrogen) atoms. The number of hydrogen-bond acceptors (Lipinski definition) is 3. The number of nitrogen functional groups attached to an aromatic ring is 1. The maximum atomic E-state index is 6.08. The lowest BCUT2D eigenvalue weighted by Crippen LogP contribution is -2.04. The second-order valence-corrected chi connectivity index (χ2v) is 4.29. The zero-order chi connectivity index (χ0) is 12.3. The second-order valence-electron chi connectivity index (χ2n) is 3.88. The lowest BCUT2D eigenvalue weighted by atomic mass is 10.2. The molecule has 2 rings (SSSR count). The summed E-state index contributed by atoms with van der Waals surface area (Å²) in [5.41, 5.74) is 8.39. The van der Waals surface area contributed by atoms with Crippen LogP contribution in [0.2, 0.25) is 5.02 Å². The van der Waals surface area contributed by atoms with Crippen molar-refractivity contribution in [1.82, 2.24) is 4.98 Å². The van der Waals surface area contributed by atoms with Crippen LogP contribution in [0.3, 0.4) is 0 Å². The van der Waals surface area contributed by atoms with Crippen LogP contribution in [0.15, 0.2) is 36.5 Å². The van der Waals surface area contributed by atoms with Gasteiger partial charge < -0.3 is 11.1 Å². The predicted molar refractivity (Wildman–Crippen MR) is 72.2 cm³/mol. The van der Waals surface area contributed by atoms with E-state index in [0.717, 1.165) is 22.0 Å². The number of aryl methyl sites for hydroxylation is 1. The van der Waals surface area contributed by atoms with Gasteiger partial charge in [-0.1, -0.05) is 29.8 Å². The van der Waals surface area contributed by atoms with Crippen LogP contribution < -0.4 is 11.1 Å². The number of pyridine rings is 1. The Morgan fingerprint density at radius 1 is 1.35 bits per heavy atom. The number of nitrogens with zero attached hydrogens (tertiary/aromatic N) is 1. The van der Waals surface area contributed by atoms with Crippen LogP contribution in [0, 0.1) is 6.92 Å². The van der Waals surface area contributed by atoms with Crippen LogP contribution in [-0.2, 0) is 6.54 Å². The third kappa shape index (κ3) is 2.88. The Bertz CT molecular complexity index is 526. The molecule has 2 aromatic rings. The molecule has 1 aromatic heterocycles. The first-order valence-electron chi connectivity index (χ1n) is 5.36. The summed E-state index contributed by atoms with van der Waals surface area (Å²) in [6.07, 6.45) is 1.64. The fourth-order valence-corrected chi connectivity index (χ4v) is 1.80. The number of aromatic nitrogens is 1. The summed E-state index contributed by atoms with van der Waals surface area (Å²) in [7, 11) is 0. The van der Waals surface area contributed by atoms with Crippen molar-refractivity contribution in [1.29, 1.82) is 0 Å². The van der Waals surface area contributed by atoms with Gasteiger partial charge in [-0.3, -0.25) is 0 Å². The van der Waals surface area contributed by atoms with Gasteiger partial charge in [0.05, 0.1) is 11.9 Å². The van der Waals surface area contributed by atoms with Crippen molar-refractivity contribution in [3.63, 3.8) is 0 Å². The highest BCUT2D eigenvalue weighted by Crippen LogP contribution is 2.18. The third-order valence-electron chi connectivity index (χ3n) is 2.50. The Balaban J connectivity index is 2.10. The number of anilines is 2. The zero-order valence-electron chi connectivity index (χ0n) is 9.57. The topological polar surface area (TPSA) is 50.9 Å². The maximum Gasteiger partial charge on any atom is 0.129 e. The summed E-state index contributed by atoms with van der Waals surface area (Å²) < 4.78 is 0. The molecule has 0 aliphatic rings. The van der Waals surface area contributed by atoms with Crippen molar-refractivity contribution >= 4 is 23.1 Å². The van der Waals surface area contributed by atoms with Crippen molar-refractivity contribution in [2.45, 2.75) is 13.5 Å². The van der Waals surface area contributed by atoms with E-state index in [1.807, 2.05) is 37.3 Å². The fraction of sp³-hybridized carbons (Fsp3) is 0.154. The quantitative estimate of drug-likeness (QED) is 0.876. The molecule has 1 aromatic carbocycles. The molecule has 0 aliphatic heterocycles. The molecule has 0 aliphatic carbocycles. The molecule has 4 heteroatoms.